The van der Waals surface area contributed by atoms with Gasteiger partial charge >= 0.3 is 5.97 Å². The van der Waals surface area contributed by atoms with E-state index in [-0.39, 0.29) is 11.3 Å². The fraction of sp³-hybridized carbons (Fsp3) is 0.278. The second-order valence-corrected chi connectivity index (χ2v) is 9.04. The minimum absolute atomic E-state index is 0.106. The van der Waals surface area contributed by atoms with Gasteiger partial charge in [0, 0.05) is 11.5 Å². The lowest BCUT2D eigenvalue weighted by molar-refractivity contribution is -0.150. The molecule has 168 valence electrons. The maximum absolute atomic E-state index is 13.6. The highest BCUT2D eigenvalue weighted by Gasteiger charge is 2.54. The number of nitrogens with zero attached hydrogens (tertiary/aromatic N) is 3. The summed E-state index contributed by atoms with van der Waals surface area (Å²) < 4.78 is 13.6. The number of phenols is 1. The van der Waals surface area contributed by atoms with Crippen LogP contribution >= 0.6 is 23.5 Å². The number of rotatable bonds is 7. The number of nitrogens with one attached hydrogen (secondary N) is 2. The maximum Gasteiger partial charge on any atom is 0.352 e. The number of thioether (sulfide) groups is 2. The van der Waals surface area contributed by atoms with Crippen molar-refractivity contribution in [3.8, 4) is 5.75 Å². The lowest BCUT2D eigenvalue weighted by Gasteiger charge is -2.49. The maximum atomic E-state index is 13.6. The molecular weight excluding hydrogens is 463 g/mol. The van der Waals surface area contributed by atoms with Crippen molar-refractivity contribution in [3.63, 3.8) is 0 Å². The Morgan fingerprint density at radius 1 is 1.47 bits per heavy atom. The summed E-state index contributed by atoms with van der Waals surface area (Å²) in [5.74, 6) is -3.36. The summed E-state index contributed by atoms with van der Waals surface area (Å²) in [6, 6.07) is 1.09. The van der Waals surface area contributed by atoms with E-state index < -0.39 is 46.8 Å². The van der Waals surface area contributed by atoms with E-state index in [0.717, 1.165) is 17.0 Å². The molecular formula is C18H17FN6O5S2. The predicted octanol–water partition coefficient (Wildman–Crippen LogP) is 0.180. The molecule has 3 atom stereocenters. The first-order valence-electron chi connectivity index (χ1n) is 9.21. The second-order valence-electron chi connectivity index (χ2n) is 6.94. The van der Waals surface area contributed by atoms with Crippen molar-refractivity contribution in [1.29, 1.82) is 0 Å². The molecule has 14 heteroatoms. The molecule has 0 radical (unpaired) electrons. The number of β-lactam (4-membered cyclic amide) rings is 1. The van der Waals surface area contributed by atoms with Crippen LogP contribution in [0.5, 0.6) is 5.75 Å². The van der Waals surface area contributed by atoms with Gasteiger partial charge in [0.15, 0.2) is 11.6 Å². The van der Waals surface area contributed by atoms with Gasteiger partial charge in [0.1, 0.15) is 28.2 Å². The van der Waals surface area contributed by atoms with E-state index in [1.807, 2.05) is 0 Å². The van der Waals surface area contributed by atoms with Crippen LogP contribution in [0, 0.1) is 5.82 Å². The van der Waals surface area contributed by atoms with Crippen molar-refractivity contribution in [3.05, 3.63) is 47.0 Å². The summed E-state index contributed by atoms with van der Waals surface area (Å²) in [6.45, 7) is 0. The number of fused-ring (bicyclic) bond motifs is 1. The van der Waals surface area contributed by atoms with Crippen LogP contribution < -0.4 is 11.1 Å². The first-order chi connectivity index (χ1) is 15.3. The fourth-order valence-electron chi connectivity index (χ4n) is 3.33. The average molecular weight is 481 g/mol. The molecule has 11 nitrogen and oxygen atoms in total. The van der Waals surface area contributed by atoms with Crippen LogP contribution in [-0.2, 0) is 14.4 Å². The number of aromatic nitrogens is 3. The molecule has 6 N–H and O–H groups in total. The number of carboxylic acid groups (broad SMARTS) is 1. The molecule has 4 rings (SSSR count). The second kappa shape index (κ2) is 8.80. The van der Waals surface area contributed by atoms with E-state index in [4.69, 9.17) is 5.73 Å². The van der Waals surface area contributed by atoms with Gasteiger partial charge in [-0.1, -0.05) is 23.0 Å². The van der Waals surface area contributed by atoms with Gasteiger partial charge in [-0.15, -0.1) is 16.9 Å². The smallest absolute Gasteiger partial charge is 0.352 e. The average Bonchev–Trinajstić information content (AvgIpc) is 3.30. The zero-order chi connectivity index (χ0) is 23.0. The molecule has 1 aromatic carbocycles. The molecule has 1 fully saturated rings. The number of carbonyl (C=O) groups is 3. The summed E-state index contributed by atoms with van der Waals surface area (Å²) >= 11 is 2.61. The molecule has 1 saturated heterocycles. The van der Waals surface area contributed by atoms with E-state index in [1.54, 1.807) is 6.20 Å². The zero-order valence-corrected chi connectivity index (χ0v) is 17.8. The Hall–Kier alpha value is -3.10. The van der Waals surface area contributed by atoms with Crippen LogP contribution in [0.15, 0.2) is 40.7 Å². The van der Waals surface area contributed by atoms with E-state index in [1.165, 1.54) is 29.6 Å². The number of hydrogen-bond acceptors (Lipinski definition) is 9. The van der Waals surface area contributed by atoms with Crippen LogP contribution in [-0.4, -0.2) is 71.2 Å². The van der Waals surface area contributed by atoms with Crippen LogP contribution in [0.25, 0.3) is 0 Å². The van der Waals surface area contributed by atoms with Gasteiger partial charge in [0.2, 0.25) is 5.91 Å². The quantitative estimate of drug-likeness (QED) is 0.272. The molecule has 0 bridgehead atoms. The Balaban J connectivity index is 1.45. The largest absolute Gasteiger partial charge is 0.505 e. The summed E-state index contributed by atoms with van der Waals surface area (Å²) in [7, 11) is 0. The molecule has 0 saturated carbocycles. The molecule has 2 aromatic rings. The van der Waals surface area contributed by atoms with Crippen LogP contribution in [0.3, 0.4) is 0 Å². The number of phenolic OH excluding ortho intramolecular Hbond substituents is 1. The number of amides is 2. The van der Waals surface area contributed by atoms with Crippen molar-refractivity contribution < 1.29 is 29.0 Å². The van der Waals surface area contributed by atoms with Gasteiger partial charge in [0.25, 0.3) is 5.91 Å². The lowest BCUT2D eigenvalue weighted by Crippen LogP contribution is -2.71. The highest BCUT2D eigenvalue weighted by atomic mass is 32.2. The SMILES string of the molecule is NC(C(=O)NC1C(=O)N2C(C(=O)O)=C(CSc3c[nH]nn3)CS[C@H]12)c1ccc(O)c(F)c1. The Morgan fingerprint density at radius 3 is 2.91 bits per heavy atom. The van der Waals surface area contributed by atoms with E-state index in [9.17, 15) is 29.0 Å². The summed E-state index contributed by atoms with van der Waals surface area (Å²) in [5.41, 5.74) is 6.44. The van der Waals surface area contributed by atoms with Gasteiger partial charge in [-0.3, -0.25) is 19.6 Å². The van der Waals surface area contributed by atoms with E-state index in [2.05, 4.69) is 20.7 Å². The molecule has 2 aliphatic rings. The number of hydrogen-bond donors (Lipinski definition) is 5. The molecule has 3 heterocycles. The highest BCUT2D eigenvalue weighted by molar-refractivity contribution is 8.01. The van der Waals surface area contributed by atoms with Gasteiger partial charge in [0.05, 0.1) is 6.20 Å². The third kappa shape index (κ3) is 4.03. The van der Waals surface area contributed by atoms with Crippen molar-refractivity contribution in [1.82, 2.24) is 25.6 Å². The topological polar surface area (TPSA) is 175 Å². The molecule has 0 aliphatic carbocycles. The molecule has 1 aromatic heterocycles. The Morgan fingerprint density at radius 2 is 2.25 bits per heavy atom. The third-order valence-electron chi connectivity index (χ3n) is 4.95. The van der Waals surface area contributed by atoms with Crippen LogP contribution in [0.4, 0.5) is 4.39 Å². The molecule has 2 unspecified atom stereocenters. The summed E-state index contributed by atoms with van der Waals surface area (Å²) in [5, 5.41) is 31.5. The van der Waals surface area contributed by atoms with E-state index >= 15 is 0 Å². The van der Waals surface area contributed by atoms with Crippen LogP contribution in [0.1, 0.15) is 11.6 Å². The van der Waals surface area contributed by atoms with Crippen molar-refractivity contribution in [2.45, 2.75) is 22.5 Å². The van der Waals surface area contributed by atoms with Crippen molar-refractivity contribution >= 4 is 41.3 Å². The molecule has 32 heavy (non-hydrogen) atoms. The number of nitrogens with two attached hydrogens (primary N) is 1. The van der Waals surface area contributed by atoms with Crippen LogP contribution in [0.2, 0.25) is 0 Å². The Labute approximate surface area is 188 Å². The summed E-state index contributed by atoms with van der Waals surface area (Å²) in [4.78, 5) is 38.3. The lowest BCUT2D eigenvalue weighted by atomic mass is 10.0. The predicted molar refractivity (Wildman–Crippen MR) is 112 cm³/mol. The van der Waals surface area contributed by atoms with Crippen molar-refractivity contribution in [2.75, 3.05) is 11.5 Å². The van der Waals surface area contributed by atoms with Gasteiger partial charge in [-0.25, -0.2) is 9.18 Å². The first-order valence-corrected chi connectivity index (χ1v) is 11.2. The minimum atomic E-state index is -1.27. The molecule has 2 aliphatic heterocycles. The minimum Gasteiger partial charge on any atom is -0.505 e. The number of carboxylic acids is 1. The number of H-pyrrole nitrogens is 1. The zero-order valence-electron chi connectivity index (χ0n) is 16.2. The highest BCUT2D eigenvalue weighted by Crippen LogP contribution is 2.41. The Kier molecular flexibility index (Phi) is 6.08. The fourth-order valence-corrected chi connectivity index (χ4v) is 5.60. The van der Waals surface area contributed by atoms with Crippen molar-refractivity contribution in [2.24, 2.45) is 5.73 Å². The number of halogens is 1. The Bertz CT molecular complexity index is 1110. The molecule has 0 spiro atoms. The first kappa shape index (κ1) is 22.1. The number of benzene rings is 1. The normalized spacial score (nSPS) is 21.1. The summed E-state index contributed by atoms with van der Waals surface area (Å²) in [6.07, 6.45) is 1.58. The standard InChI is InChI=1S/C18H17FN6O5S2/c19-9-3-7(1-2-10(9)26)12(20)15(27)22-13-16(28)25-14(18(29)30)8(6-32-17(13)25)5-31-11-4-21-24-23-11/h1-4,12-13,17,26H,5-6,20H2,(H,22,27)(H,29,30)(H,21,23,24)/t12?,13?,17-/m1/s1. The monoisotopic (exact) mass is 480 g/mol. The molecule has 2 amide bonds. The van der Waals surface area contributed by atoms with Gasteiger partial charge < -0.3 is 21.3 Å². The van der Waals surface area contributed by atoms with E-state index in [0.29, 0.717) is 22.1 Å². The number of aromatic amines is 1. The van der Waals surface area contributed by atoms with Gasteiger partial charge in [-0.05, 0) is 23.3 Å². The number of aliphatic carboxylic acids is 1. The number of aromatic hydroxyl groups is 1. The third-order valence-corrected chi connectivity index (χ3v) is 7.28. The number of carbonyl (C=O) groups excluding carboxylic acids is 2. The van der Waals surface area contributed by atoms with Gasteiger partial charge in [-0.2, -0.15) is 0 Å².